The molecule has 0 saturated heterocycles. The van der Waals surface area contributed by atoms with Crippen molar-refractivity contribution in [1.29, 1.82) is 0 Å². The highest BCUT2D eigenvalue weighted by molar-refractivity contribution is 9.10. The van der Waals surface area contributed by atoms with Gasteiger partial charge < -0.3 is 0 Å². The van der Waals surface area contributed by atoms with E-state index >= 15 is 0 Å². The van der Waals surface area contributed by atoms with Gasteiger partial charge in [-0.1, -0.05) is 54.6 Å². The van der Waals surface area contributed by atoms with Crippen molar-refractivity contribution in [2.45, 2.75) is 0 Å². The first kappa shape index (κ1) is 10.5. The highest BCUT2D eigenvalue weighted by Gasteiger charge is 2.07. The zero-order valence-electron chi connectivity index (χ0n) is 9.10. The average molecular weight is 284 g/mol. The number of fused-ring (bicyclic) bond motifs is 1. The first-order chi connectivity index (χ1) is 8.36. The Morgan fingerprint density at radius 1 is 0.824 bits per heavy atom. The van der Waals surface area contributed by atoms with E-state index in [4.69, 9.17) is 0 Å². The van der Waals surface area contributed by atoms with Crippen LogP contribution in [0.1, 0.15) is 0 Å². The van der Waals surface area contributed by atoms with Gasteiger partial charge in [0.25, 0.3) is 0 Å². The van der Waals surface area contributed by atoms with Crippen LogP contribution < -0.4 is 0 Å². The normalized spacial score (nSPS) is 10.6. The molecule has 0 aliphatic heterocycles. The maximum absolute atomic E-state index is 4.53. The maximum atomic E-state index is 4.53. The van der Waals surface area contributed by atoms with E-state index in [-0.39, 0.29) is 0 Å². The summed E-state index contributed by atoms with van der Waals surface area (Å²) in [5.41, 5.74) is 2.12. The second kappa shape index (κ2) is 4.30. The first-order valence-electron chi connectivity index (χ1n) is 5.45. The standard InChI is InChI=1S/C15H10BrN/c16-14-13-9-5-4-8-12(13)10-17-15(14)11-6-2-1-3-7-11/h1-10H. The lowest BCUT2D eigenvalue weighted by atomic mass is 10.1. The Bertz CT molecular complexity index is 662. The summed E-state index contributed by atoms with van der Waals surface area (Å²) in [6, 6.07) is 18.5. The van der Waals surface area contributed by atoms with Crippen LogP contribution in [0.4, 0.5) is 0 Å². The number of pyridine rings is 1. The van der Waals surface area contributed by atoms with E-state index in [1.54, 1.807) is 0 Å². The number of rotatable bonds is 1. The molecule has 3 rings (SSSR count). The SMILES string of the molecule is Brc1c(-c2ccccc2)ncc2ccccc12. The van der Waals surface area contributed by atoms with Gasteiger partial charge in [-0.05, 0) is 21.3 Å². The number of nitrogens with zero attached hydrogens (tertiary/aromatic N) is 1. The second-order valence-corrected chi connectivity index (χ2v) is 4.67. The number of benzene rings is 2. The molecule has 82 valence electrons. The monoisotopic (exact) mass is 283 g/mol. The lowest BCUT2D eigenvalue weighted by Crippen LogP contribution is -1.86. The lowest BCUT2D eigenvalue weighted by Gasteiger charge is -2.06. The molecule has 1 nitrogen and oxygen atoms in total. The number of aromatic nitrogens is 1. The van der Waals surface area contributed by atoms with E-state index in [0.717, 1.165) is 21.1 Å². The molecule has 2 aromatic carbocycles. The van der Waals surface area contributed by atoms with Gasteiger partial charge in [0, 0.05) is 17.1 Å². The van der Waals surface area contributed by atoms with E-state index in [1.807, 2.05) is 36.5 Å². The fraction of sp³-hybridized carbons (Fsp3) is 0. The molecule has 1 heterocycles. The van der Waals surface area contributed by atoms with Gasteiger partial charge >= 0.3 is 0 Å². The van der Waals surface area contributed by atoms with Crippen molar-refractivity contribution in [2.24, 2.45) is 0 Å². The third-order valence-corrected chi connectivity index (χ3v) is 3.59. The van der Waals surface area contributed by atoms with Gasteiger partial charge in [0.2, 0.25) is 0 Å². The van der Waals surface area contributed by atoms with Crippen LogP contribution in [-0.4, -0.2) is 4.98 Å². The molecule has 0 atom stereocenters. The molecule has 2 heteroatoms. The smallest absolute Gasteiger partial charge is 0.0850 e. The van der Waals surface area contributed by atoms with Crippen LogP contribution in [0.15, 0.2) is 65.3 Å². The van der Waals surface area contributed by atoms with Crippen LogP contribution in [-0.2, 0) is 0 Å². The van der Waals surface area contributed by atoms with E-state index < -0.39 is 0 Å². The van der Waals surface area contributed by atoms with E-state index in [2.05, 4.69) is 45.2 Å². The predicted octanol–water partition coefficient (Wildman–Crippen LogP) is 4.66. The summed E-state index contributed by atoms with van der Waals surface area (Å²) >= 11 is 3.66. The van der Waals surface area contributed by atoms with Crippen LogP contribution in [0.25, 0.3) is 22.0 Å². The van der Waals surface area contributed by atoms with Gasteiger partial charge in [0.15, 0.2) is 0 Å². The van der Waals surface area contributed by atoms with Crippen molar-refractivity contribution in [2.75, 3.05) is 0 Å². The fourth-order valence-electron chi connectivity index (χ4n) is 1.93. The molecule has 0 spiro atoms. The van der Waals surface area contributed by atoms with Crippen LogP contribution in [0.5, 0.6) is 0 Å². The topological polar surface area (TPSA) is 12.9 Å². The summed E-state index contributed by atoms with van der Waals surface area (Å²) in [5, 5.41) is 2.35. The van der Waals surface area contributed by atoms with Gasteiger partial charge in [0.1, 0.15) is 0 Å². The van der Waals surface area contributed by atoms with Crippen LogP contribution >= 0.6 is 15.9 Å². The summed E-state index contributed by atoms with van der Waals surface area (Å²) in [4.78, 5) is 4.53. The van der Waals surface area contributed by atoms with Crippen molar-refractivity contribution in [3.8, 4) is 11.3 Å². The molecule has 0 saturated carbocycles. The fourth-order valence-corrected chi connectivity index (χ4v) is 2.62. The zero-order chi connectivity index (χ0) is 11.7. The average Bonchev–Trinajstić information content (AvgIpc) is 2.40. The third kappa shape index (κ3) is 1.85. The zero-order valence-corrected chi connectivity index (χ0v) is 10.7. The molecule has 0 aliphatic carbocycles. The summed E-state index contributed by atoms with van der Waals surface area (Å²) in [6.07, 6.45) is 1.92. The van der Waals surface area contributed by atoms with Crippen LogP contribution in [0.3, 0.4) is 0 Å². The number of halogens is 1. The van der Waals surface area contributed by atoms with Crippen molar-refractivity contribution in [3.63, 3.8) is 0 Å². The molecule has 17 heavy (non-hydrogen) atoms. The molecule has 0 fully saturated rings. The minimum atomic E-state index is 0.990. The van der Waals surface area contributed by atoms with Crippen molar-refractivity contribution in [3.05, 3.63) is 65.3 Å². The molecule has 1 aromatic heterocycles. The van der Waals surface area contributed by atoms with Gasteiger partial charge in [-0.15, -0.1) is 0 Å². The van der Waals surface area contributed by atoms with E-state index in [1.165, 1.54) is 5.39 Å². The Kier molecular flexibility index (Phi) is 2.65. The Hall–Kier alpha value is -1.67. The van der Waals surface area contributed by atoms with Gasteiger partial charge in [0.05, 0.1) is 10.2 Å². The Morgan fingerprint density at radius 2 is 1.53 bits per heavy atom. The van der Waals surface area contributed by atoms with Crippen LogP contribution in [0, 0.1) is 0 Å². The van der Waals surface area contributed by atoms with Gasteiger partial charge in [-0.2, -0.15) is 0 Å². The highest BCUT2D eigenvalue weighted by atomic mass is 79.9. The minimum Gasteiger partial charge on any atom is -0.254 e. The van der Waals surface area contributed by atoms with E-state index in [0.29, 0.717) is 0 Å². The molecule has 0 unspecified atom stereocenters. The molecule has 0 aliphatic rings. The quantitative estimate of drug-likeness (QED) is 0.633. The largest absolute Gasteiger partial charge is 0.254 e. The summed E-state index contributed by atoms with van der Waals surface area (Å²) in [6.45, 7) is 0. The minimum absolute atomic E-state index is 0.990. The molecular formula is C15H10BrN. The third-order valence-electron chi connectivity index (χ3n) is 2.79. The molecule has 0 bridgehead atoms. The molecule has 0 radical (unpaired) electrons. The van der Waals surface area contributed by atoms with Gasteiger partial charge in [-0.25, -0.2) is 0 Å². The molecule has 0 amide bonds. The Morgan fingerprint density at radius 3 is 2.35 bits per heavy atom. The van der Waals surface area contributed by atoms with E-state index in [9.17, 15) is 0 Å². The predicted molar refractivity (Wildman–Crippen MR) is 74.9 cm³/mol. The van der Waals surface area contributed by atoms with Crippen molar-refractivity contribution < 1.29 is 0 Å². The summed E-state index contributed by atoms with van der Waals surface area (Å²) < 4.78 is 1.06. The van der Waals surface area contributed by atoms with Gasteiger partial charge in [-0.3, -0.25) is 4.98 Å². The molecule has 3 aromatic rings. The summed E-state index contributed by atoms with van der Waals surface area (Å²) in [5.74, 6) is 0. The number of hydrogen-bond acceptors (Lipinski definition) is 1. The van der Waals surface area contributed by atoms with Crippen molar-refractivity contribution in [1.82, 2.24) is 4.98 Å². The first-order valence-corrected chi connectivity index (χ1v) is 6.24. The molecular weight excluding hydrogens is 274 g/mol. The van der Waals surface area contributed by atoms with Crippen LogP contribution in [0.2, 0.25) is 0 Å². The highest BCUT2D eigenvalue weighted by Crippen LogP contribution is 2.32. The Labute approximate surface area is 108 Å². The molecule has 0 N–H and O–H groups in total. The second-order valence-electron chi connectivity index (χ2n) is 3.87. The summed E-state index contributed by atoms with van der Waals surface area (Å²) in [7, 11) is 0. The lowest BCUT2D eigenvalue weighted by molar-refractivity contribution is 1.34. The number of hydrogen-bond donors (Lipinski definition) is 0. The maximum Gasteiger partial charge on any atom is 0.0850 e. The van der Waals surface area contributed by atoms with Crippen molar-refractivity contribution >= 4 is 26.7 Å². The Balaban J connectivity index is 2.29.